The Kier molecular flexibility index (Phi) is 5.58. The van der Waals surface area contributed by atoms with Gasteiger partial charge in [0, 0.05) is 19.1 Å². The molecule has 1 atom stereocenters. The molecule has 0 spiro atoms. The zero-order chi connectivity index (χ0) is 7.98. The van der Waals surface area contributed by atoms with Crippen LogP contribution >= 0.6 is 0 Å². The molecule has 0 aromatic heterocycles. The van der Waals surface area contributed by atoms with Crippen LogP contribution in [0, 0.1) is 0 Å². The molecule has 0 aliphatic carbocycles. The zero-order valence-corrected chi connectivity index (χ0v) is 7.13. The molecule has 10 heavy (non-hydrogen) atoms. The Balaban J connectivity index is 3.41. The Bertz CT molecular complexity index is 74.0. The van der Waals surface area contributed by atoms with E-state index < -0.39 is 0 Å². The maximum absolute atomic E-state index is 5.70. The van der Waals surface area contributed by atoms with Crippen molar-refractivity contribution in [1.29, 1.82) is 0 Å². The third kappa shape index (κ3) is 3.82. The van der Waals surface area contributed by atoms with Gasteiger partial charge in [0.15, 0.2) is 0 Å². The predicted octanol–water partition coefficient (Wildman–Crippen LogP) is 0.607. The second kappa shape index (κ2) is 5.65. The summed E-state index contributed by atoms with van der Waals surface area (Å²) >= 11 is 0. The number of hydrogen-bond acceptors (Lipinski definition) is 3. The van der Waals surface area contributed by atoms with E-state index in [4.69, 9.17) is 10.6 Å². The average Bonchev–Trinajstić information content (AvgIpc) is 1.99. The fourth-order valence-corrected chi connectivity index (χ4v) is 0.723. The smallest absolute Gasteiger partial charge is 0.0575 e. The molecule has 3 nitrogen and oxygen atoms in total. The van der Waals surface area contributed by atoms with Crippen molar-refractivity contribution in [2.24, 2.45) is 5.73 Å². The first-order valence-corrected chi connectivity index (χ1v) is 3.79. The van der Waals surface area contributed by atoms with Crippen molar-refractivity contribution in [3.05, 3.63) is 0 Å². The average molecular weight is 146 g/mol. The molecule has 0 saturated carbocycles. The summed E-state index contributed by atoms with van der Waals surface area (Å²) in [6, 6.07) is 0.236. The summed E-state index contributed by atoms with van der Waals surface area (Å²) in [5.41, 5.74) is 5.70. The molecule has 0 aliphatic rings. The van der Waals surface area contributed by atoms with Crippen LogP contribution in [0.5, 0.6) is 0 Å². The first-order valence-electron chi connectivity index (χ1n) is 3.79. The molecule has 3 heteroatoms. The van der Waals surface area contributed by atoms with Crippen LogP contribution in [-0.2, 0) is 4.84 Å². The molecule has 0 fully saturated rings. The second-order valence-corrected chi connectivity index (χ2v) is 2.33. The summed E-state index contributed by atoms with van der Waals surface area (Å²) in [6.07, 6.45) is 1.000. The van der Waals surface area contributed by atoms with E-state index in [0.29, 0.717) is 0 Å². The molecular formula is C7H18N2O. The Labute approximate surface area is 63.1 Å². The predicted molar refractivity (Wildman–Crippen MR) is 42.5 cm³/mol. The van der Waals surface area contributed by atoms with E-state index >= 15 is 0 Å². The number of rotatable bonds is 5. The lowest BCUT2D eigenvalue weighted by atomic mass is 10.2. The van der Waals surface area contributed by atoms with Gasteiger partial charge in [-0.3, -0.25) is 0 Å². The van der Waals surface area contributed by atoms with E-state index in [0.717, 1.165) is 19.5 Å². The van der Waals surface area contributed by atoms with Gasteiger partial charge in [0.2, 0.25) is 0 Å². The Morgan fingerprint density at radius 3 is 2.40 bits per heavy atom. The van der Waals surface area contributed by atoms with Gasteiger partial charge in [0.25, 0.3) is 0 Å². The Morgan fingerprint density at radius 1 is 1.50 bits per heavy atom. The largest absolute Gasteiger partial charge is 0.326 e. The van der Waals surface area contributed by atoms with Gasteiger partial charge in [-0.05, 0) is 6.42 Å². The van der Waals surface area contributed by atoms with Crippen LogP contribution in [0.2, 0.25) is 0 Å². The van der Waals surface area contributed by atoms with E-state index in [1.165, 1.54) is 0 Å². The molecule has 0 bridgehead atoms. The summed E-state index contributed by atoms with van der Waals surface area (Å²) < 4.78 is 0. The van der Waals surface area contributed by atoms with Crippen molar-refractivity contribution in [2.75, 3.05) is 20.2 Å². The van der Waals surface area contributed by atoms with Crippen LogP contribution in [0.3, 0.4) is 0 Å². The Morgan fingerprint density at radius 2 is 2.10 bits per heavy atom. The molecule has 0 unspecified atom stereocenters. The van der Waals surface area contributed by atoms with Crippen molar-refractivity contribution in [2.45, 2.75) is 26.3 Å². The Hall–Kier alpha value is -0.120. The van der Waals surface area contributed by atoms with E-state index in [2.05, 4.69) is 6.92 Å². The molecule has 0 saturated heterocycles. The molecule has 0 radical (unpaired) electrons. The lowest BCUT2D eigenvalue weighted by Gasteiger charge is -2.20. The number of likely N-dealkylation sites (N-methyl/N-ethyl adjacent to an activating group) is 1. The monoisotopic (exact) mass is 146 g/mol. The van der Waals surface area contributed by atoms with Crippen molar-refractivity contribution in [3.8, 4) is 0 Å². The van der Waals surface area contributed by atoms with Crippen molar-refractivity contribution in [1.82, 2.24) is 5.06 Å². The molecule has 62 valence electrons. The highest BCUT2D eigenvalue weighted by molar-refractivity contribution is 4.59. The maximum Gasteiger partial charge on any atom is 0.0575 e. The van der Waals surface area contributed by atoms with Crippen LogP contribution in [0.1, 0.15) is 20.3 Å². The van der Waals surface area contributed by atoms with Crippen LogP contribution in [-0.4, -0.2) is 31.3 Å². The van der Waals surface area contributed by atoms with Crippen LogP contribution in [0.4, 0.5) is 0 Å². The first-order chi connectivity index (χ1) is 4.74. The number of nitrogens with zero attached hydrogens (tertiary/aromatic N) is 1. The van der Waals surface area contributed by atoms with Crippen molar-refractivity contribution >= 4 is 0 Å². The van der Waals surface area contributed by atoms with Crippen LogP contribution < -0.4 is 5.73 Å². The summed E-state index contributed by atoms with van der Waals surface area (Å²) in [7, 11) is 1.67. The molecular weight excluding hydrogens is 128 g/mol. The van der Waals surface area contributed by atoms with Gasteiger partial charge in [0.05, 0.1) is 7.11 Å². The lowest BCUT2D eigenvalue weighted by molar-refractivity contribution is -0.130. The summed E-state index contributed by atoms with van der Waals surface area (Å²) in [5.74, 6) is 0. The second-order valence-electron chi connectivity index (χ2n) is 2.33. The fraction of sp³-hybridized carbons (Fsp3) is 1.00. The summed E-state index contributed by atoms with van der Waals surface area (Å²) in [4.78, 5) is 5.03. The minimum atomic E-state index is 0.236. The molecule has 2 N–H and O–H groups in total. The maximum atomic E-state index is 5.70. The molecule has 0 amide bonds. The normalized spacial score (nSPS) is 14.1. The van der Waals surface area contributed by atoms with Crippen molar-refractivity contribution < 1.29 is 4.84 Å². The highest BCUT2D eigenvalue weighted by Crippen LogP contribution is 1.92. The molecule has 0 heterocycles. The number of nitrogens with two attached hydrogens (primary N) is 1. The van der Waals surface area contributed by atoms with Gasteiger partial charge in [-0.15, -0.1) is 0 Å². The van der Waals surface area contributed by atoms with Crippen LogP contribution in [0.15, 0.2) is 0 Å². The van der Waals surface area contributed by atoms with Crippen molar-refractivity contribution in [3.63, 3.8) is 0 Å². The summed E-state index contributed by atoms with van der Waals surface area (Å²) in [5, 5.41) is 1.86. The minimum absolute atomic E-state index is 0.236. The minimum Gasteiger partial charge on any atom is -0.326 e. The lowest BCUT2D eigenvalue weighted by Crippen LogP contribution is -2.36. The van der Waals surface area contributed by atoms with Gasteiger partial charge in [-0.1, -0.05) is 13.8 Å². The fourth-order valence-electron chi connectivity index (χ4n) is 0.723. The van der Waals surface area contributed by atoms with E-state index in [1.807, 2.05) is 12.0 Å². The van der Waals surface area contributed by atoms with E-state index in [-0.39, 0.29) is 6.04 Å². The van der Waals surface area contributed by atoms with Gasteiger partial charge >= 0.3 is 0 Å². The van der Waals surface area contributed by atoms with E-state index in [1.54, 1.807) is 7.11 Å². The first kappa shape index (κ1) is 9.88. The number of hydrogen-bond donors (Lipinski definition) is 1. The third-order valence-corrected chi connectivity index (χ3v) is 1.57. The SMILES string of the molecule is CC[C@H](N)CN(CC)OC. The highest BCUT2D eigenvalue weighted by atomic mass is 16.7. The summed E-state index contributed by atoms with van der Waals surface area (Å²) in [6.45, 7) is 5.84. The molecule has 0 rings (SSSR count). The molecule has 0 aromatic rings. The molecule has 0 aliphatic heterocycles. The topological polar surface area (TPSA) is 38.5 Å². The van der Waals surface area contributed by atoms with Gasteiger partial charge in [-0.2, -0.15) is 5.06 Å². The van der Waals surface area contributed by atoms with Gasteiger partial charge in [0.1, 0.15) is 0 Å². The quantitative estimate of drug-likeness (QED) is 0.577. The van der Waals surface area contributed by atoms with Gasteiger partial charge in [-0.25, -0.2) is 0 Å². The number of hydroxylamine groups is 2. The molecule has 0 aromatic carbocycles. The zero-order valence-electron chi connectivity index (χ0n) is 7.13. The standard InChI is InChI=1S/C7H18N2O/c1-4-7(8)6-9(5-2)10-3/h7H,4-6,8H2,1-3H3/t7-/m0/s1. The van der Waals surface area contributed by atoms with E-state index in [9.17, 15) is 0 Å². The van der Waals surface area contributed by atoms with Gasteiger partial charge < -0.3 is 10.6 Å². The van der Waals surface area contributed by atoms with Crippen LogP contribution in [0.25, 0.3) is 0 Å². The highest BCUT2D eigenvalue weighted by Gasteiger charge is 2.04. The third-order valence-electron chi connectivity index (χ3n) is 1.57.